The van der Waals surface area contributed by atoms with Crippen LogP contribution in [0.25, 0.3) is 10.9 Å². The van der Waals surface area contributed by atoms with Crippen molar-refractivity contribution in [2.75, 3.05) is 19.9 Å². The van der Waals surface area contributed by atoms with Crippen molar-refractivity contribution < 1.29 is 19.4 Å². The summed E-state index contributed by atoms with van der Waals surface area (Å²) in [5, 5.41) is 13.1. The number of nitrogens with zero attached hydrogens (tertiary/aromatic N) is 1. The predicted molar refractivity (Wildman–Crippen MR) is 108 cm³/mol. The van der Waals surface area contributed by atoms with Crippen LogP contribution in [0, 0.1) is 0 Å². The van der Waals surface area contributed by atoms with Crippen molar-refractivity contribution >= 4 is 16.9 Å². The van der Waals surface area contributed by atoms with Crippen molar-refractivity contribution in [1.82, 2.24) is 15.2 Å². The summed E-state index contributed by atoms with van der Waals surface area (Å²) in [7, 11) is 0. The Morgan fingerprint density at radius 3 is 2.69 bits per heavy atom. The summed E-state index contributed by atoms with van der Waals surface area (Å²) in [6, 6.07) is 5.37. The van der Waals surface area contributed by atoms with Gasteiger partial charge in [0.15, 0.2) is 11.5 Å². The van der Waals surface area contributed by atoms with E-state index in [-0.39, 0.29) is 37.6 Å². The normalized spacial score (nSPS) is 16.2. The Morgan fingerprint density at radius 1 is 1.17 bits per heavy atom. The summed E-state index contributed by atoms with van der Waals surface area (Å²) in [6.07, 6.45) is 5.91. The van der Waals surface area contributed by atoms with E-state index in [2.05, 4.69) is 10.3 Å². The summed E-state index contributed by atoms with van der Waals surface area (Å²) < 4.78 is 10.8. The van der Waals surface area contributed by atoms with Gasteiger partial charge in [-0.1, -0.05) is 19.3 Å². The Hall–Kier alpha value is -2.74. The number of benzene rings is 1. The van der Waals surface area contributed by atoms with Crippen LogP contribution >= 0.6 is 0 Å². The third-order valence-corrected chi connectivity index (χ3v) is 5.58. The molecule has 0 atom stereocenters. The molecule has 2 amide bonds. The number of nitrogens with one attached hydrogen (secondary N) is 2. The number of amides is 2. The van der Waals surface area contributed by atoms with Crippen LogP contribution in [0.3, 0.4) is 0 Å². The van der Waals surface area contributed by atoms with Gasteiger partial charge in [-0.15, -0.1) is 0 Å². The number of fused-ring (bicyclic) bond motifs is 2. The van der Waals surface area contributed by atoms with Crippen LogP contribution in [0.2, 0.25) is 0 Å². The Labute approximate surface area is 168 Å². The summed E-state index contributed by atoms with van der Waals surface area (Å²) in [5.41, 5.74) is 0.917. The van der Waals surface area contributed by atoms with Crippen LogP contribution in [0.4, 0.5) is 4.79 Å². The van der Waals surface area contributed by atoms with Crippen LogP contribution in [0.1, 0.15) is 44.1 Å². The molecule has 0 saturated heterocycles. The van der Waals surface area contributed by atoms with Gasteiger partial charge in [-0.3, -0.25) is 4.79 Å². The number of urea groups is 1. The van der Waals surface area contributed by atoms with E-state index in [0.29, 0.717) is 35.5 Å². The van der Waals surface area contributed by atoms with Crippen molar-refractivity contribution in [3.05, 3.63) is 34.1 Å². The smallest absolute Gasteiger partial charge is 0.317 e. The van der Waals surface area contributed by atoms with Crippen LogP contribution in [0.5, 0.6) is 11.5 Å². The molecular formula is C21H27N3O5. The maximum absolute atomic E-state index is 12.8. The van der Waals surface area contributed by atoms with E-state index in [4.69, 9.17) is 9.47 Å². The van der Waals surface area contributed by atoms with Crippen molar-refractivity contribution in [2.24, 2.45) is 0 Å². The molecule has 4 rings (SSSR count). The average molecular weight is 401 g/mol. The Morgan fingerprint density at radius 2 is 1.93 bits per heavy atom. The Bertz CT molecular complexity index is 936. The third-order valence-electron chi connectivity index (χ3n) is 5.58. The zero-order chi connectivity index (χ0) is 20.2. The first-order valence-corrected chi connectivity index (χ1v) is 10.3. The highest BCUT2D eigenvalue weighted by Crippen LogP contribution is 2.35. The zero-order valence-corrected chi connectivity index (χ0v) is 16.4. The lowest BCUT2D eigenvalue weighted by molar-refractivity contribution is 0.174. The van der Waals surface area contributed by atoms with Crippen molar-refractivity contribution in [1.29, 1.82) is 0 Å². The van der Waals surface area contributed by atoms with Crippen LogP contribution in [-0.2, 0) is 6.54 Å². The number of carbonyl (C=O) groups excluding carboxylic acids is 1. The zero-order valence-electron chi connectivity index (χ0n) is 16.4. The van der Waals surface area contributed by atoms with Crippen molar-refractivity contribution in [3.8, 4) is 11.5 Å². The number of rotatable bonds is 6. The monoisotopic (exact) mass is 401 g/mol. The van der Waals surface area contributed by atoms with Crippen molar-refractivity contribution in [2.45, 2.75) is 51.1 Å². The molecule has 0 radical (unpaired) electrons. The molecule has 8 heteroatoms. The second kappa shape index (κ2) is 8.73. The number of ether oxygens (including phenoxy) is 2. The SMILES string of the molecule is O=C(NC1CCCCC1)N(CCCO)Cc1cc2cc3c(cc2[nH]c1=O)OCO3. The van der Waals surface area contributed by atoms with E-state index < -0.39 is 0 Å². The standard InChI is InChI=1S/C21H27N3O5/c25-8-4-7-24(21(27)22-16-5-2-1-3-6-16)12-15-9-14-10-18-19(29-13-28-18)11-17(14)23-20(15)26/h9-11,16,25H,1-8,12-13H2,(H,22,27)(H,23,26). The van der Waals surface area contributed by atoms with Gasteiger partial charge in [-0.05, 0) is 31.4 Å². The first kappa shape index (κ1) is 19.6. The van der Waals surface area contributed by atoms with E-state index in [9.17, 15) is 14.7 Å². The maximum Gasteiger partial charge on any atom is 0.317 e. The molecule has 2 heterocycles. The molecule has 8 nitrogen and oxygen atoms in total. The van der Waals surface area contributed by atoms with Gasteiger partial charge in [-0.2, -0.15) is 0 Å². The molecule has 0 unspecified atom stereocenters. The van der Waals surface area contributed by atoms with E-state index in [1.807, 2.05) is 6.07 Å². The first-order chi connectivity index (χ1) is 14.1. The molecule has 1 aromatic heterocycles. The molecule has 29 heavy (non-hydrogen) atoms. The van der Waals surface area contributed by atoms with Gasteiger partial charge in [0.1, 0.15) is 0 Å². The molecule has 0 spiro atoms. The summed E-state index contributed by atoms with van der Waals surface area (Å²) >= 11 is 0. The average Bonchev–Trinajstić information content (AvgIpc) is 3.17. The minimum Gasteiger partial charge on any atom is -0.454 e. The van der Waals surface area contributed by atoms with Crippen molar-refractivity contribution in [3.63, 3.8) is 0 Å². The highest BCUT2D eigenvalue weighted by Gasteiger charge is 2.21. The fourth-order valence-electron chi connectivity index (χ4n) is 3.99. The van der Waals surface area contributed by atoms with Crippen LogP contribution in [-0.4, -0.2) is 47.0 Å². The van der Waals surface area contributed by atoms with E-state index in [1.165, 1.54) is 6.42 Å². The molecule has 156 valence electrons. The number of hydrogen-bond acceptors (Lipinski definition) is 5. The fourth-order valence-corrected chi connectivity index (χ4v) is 3.99. The lowest BCUT2D eigenvalue weighted by Gasteiger charge is -2.28. The largest absolute Gasteiger partial charge is 0.454 e. The molecule has 1 fully saturated rings. The molecule has 1 aliphatic heterocycles. The molecule has 3 N–H and O–H groups in total. The number of carbonyl (C=O) groups is 1. The van der Waals surface area contributed by atoms with Crippen LogP contribution in [0.15, 0.2) is 23.0 Å². The summed E-state index contributed by atoms with van der Waals surface area (Å²) in [4.78, 5) is 29.9. The molecule has 2 aromatic rings. The number of hydrogen-bond donors (Lipinski definition) is 3. The minimum atomic E-state index is -0.240. The summed E-state index contributed by atoms with van der Waals surface area (Å²) in [6.45, 7) is 0.718. The number of H-pyrrole nitrogens is 1. The fraction of sp³-hybridized carbons (Fsp3) is 0.524. The number of aliphatic hydroxyl groups excluding tert-OH is 1. The van der Waals surface area contributed by atoms with Crippen LogP contribution < -0.4 is 20.3 Å². The van der Waals surface area contributed by atoms with Gasteiger partial charge >= 0.3 is 6.03 Å². The molecular weight excluding hydrogens is 374 g/mol. The second-order valence-electron chi connectivity index (χ2n) is 7.70. The Balaban J connectivity index is 1.55. The molecule has 2 aliphatic rings. The van der Waals surface area contributed by atoms with Gasteiger partial charge in [-0.25, -0.2) is 4.79 Å². The molecule has 1 saturated carbocycles. The van der Waals surface area contributed by atoms with Gasteiger partial charge < -0.3 is 29.8 Å². The molecule has 1 aromatic carbocycles. The van der Waals surface area contributed by atoms with E-state index in [0.717, 1.165) is 31.1 Å². The Kier molecular flexibility index (Phi) is 5.89. The van der Waals surface area contributed by atoms with Gasteiger partial charge in [0.05, 0.1) is 12.1 Å². The quantitative estimate of drug-likeness (QED) is 0.690. The lowest BCUT2D eigenvalue weighted by atomic mass is 9.96. The van der Waals surface area contributed by atoms with Gasteiger partial charge in [0.25, 0.3) is 5.56 Å². The third kappa shape index (κ3) is 4.48. The highest BCUT2D eigenvalue weighted by molar-refractivity contribution is 5.83. The topological polar surface area (TPSA) is 104 Å². The first-order valence-electron chi connectivity index (χ1n) is 10.3. The highest BCUT2D eigenvalue weighted by atomic mass is 16.7. The number of aliphatic hydroxyl groups is 1. The van der Waals surface area contributed by atoms with E-state index in [1.54, 1.807) is 17.0 Å². The number of aromatic nitrogens is 1. The molecule has 1 aliphatic carbocycles. The number of pyridine rings is 1. The lowest BCUT2D eigenvalue weighted by Crippen LogP contribution is -2.46. The second-order valence-corrected chi connectivity index (χ2v) is 7.70. The maximum atomic E-state index is 12.8. The predicted octanol–water partition coefficient (Wildman–Crippen LogP) is 2.48. The van der Waals surface area contributed by atoms with E-state index >= 15 is 0 Å². The summed E-state index contributed by atoms with van der Waals surface area (Å²) in [5.74, 6) is 1.25. The number of aromatic amines is 1. The molecule has 0 bridgehead atoms. The minimum absolute atomic E-state index is 0.00916. The van der Waals surface area contributed by atoms with Gasteiger partial charge in [0, 0.05) is 36.2 Å². The van der Waals surface area contributed by atoms with Gasteiger partial charge in [0.2, 0.25) is 6.79 Å².